The van der Waals surface area contributed by atoms with Crippen molar-refractivity contribution in [3.63, 3.8) is 0 Å². The predicted molar refractivity (Wildman–Crippen MR) is 56.8 cm³/mol. The van der Waals surface area contributed by atoms with Gasteiger partial charge in [0.2, 0.25) is 0 Å². The van der Waals surface area contributed by atoms with Crippen molar-refractivity contribution in [2.75, 3.05) is 0 Å². The SMILES string of the molecule is FC(F)F.[Ir].c1ccc(-c2ccccn2)cc1. The van der Waals surface area contributed by atoms with E-state index in [0.29, 0.717) is 0 Å². The summed E-state index contributed by atoms with van der Waals surface area (Å²) in [6.45, 7) is -3.67. The Morgan fingerprint density at radius 3 is 1.82 bits per heavy atom. The van der Waals surface area contributed by atoms with E-state index >= 15 is 0 Å². The number of halogens is 3. The van der Waals surface area contributed by atoms with Crippen molar-refractivity contribution < 1.29 is 33.3 Å². The van der Waals surface area contributed by atoms with Crippen LogP contribution in [0, 0.1) is 0 Å². The molecule has 0 spiro atoms. The van der Waals surface area contributed by atoms with Gasteiger partial charge in [0, 0.05) is 31.9 Å². The van der Waals surface area contributed by atoms with Gasteiger partial charge in [-0.3, -0.25) is 4.98 Å². The summed E-state index contributed by atoms with van der Waals surface area (Å²) in [6.07, 6.45) is 1.81. The second-order valence-corrected chi connectivity index (χ2v) is 2.83. The third-order valence-electron chi connectivity index (χ3n) is 1.73. The third-order valence-corrected chi connectivity index (χ3v) is 1.73. The molecule has 0 atom stereocenters. The van der Waals surface area contributed by atoms with E-state index in [1.54, 1.807) is 0 Å². The second-order valence-electron chi connectivity index (χ2n) is 2.83. The summed E-state index contributed by atoms with van der Waals surface area (Å²) in [6, 6.07) is 16.1. The zero-order valence-corrected chi connectivity index (χ0v) is 11.1. The van der Waals surface area contributed by atoms with Crippen molar-refractivity contribution in [3.8, 4) is 11.3 Å². The normalized spacial score (nSPS) is 8.94. The fourth-order valence-corrected chi connectivity index (χ4v) is 1.14. The number of aromatic nitrogens is 1. The molecule has 0 bridgehead atoms. The van der Waals surface area contributed by atoms with Gasteiger partial charge in [-0.1, -0.05) is 36.4 Å². The van der Waals surface area contributed by atoms with Crippen molar-refractivity contribution in [1.29, 1.82) is 0 Å². The molecule has 2 rings (SSSR count). The minimum atomic E-state index is -3.67. The summed E-state index contributed by atoms with van der Waals surface area (Å²) >= 11 is 0. The number of pyridine rings is 1. The van der Waals surface area contributed by atoms with Crippen LogP contribution in [0.3, 0.4) is 0 Å². The molecule has 93 valence electrons. The van der Waals surface area contributed by atoms with Crippen molar-refractivity contribution in [1.82, 2.24) is 4.98 Å². The van der Waals surface area contributed by atoms with E-state index < -0.39 is 6.68 Å². The van der Waals surface area contributed by atoms with Gasteiger partial charge in [0.1, 0.15) is 0 Å². The van der Waals surface area contributed by atoms with Crippen LogP contribution in [0.1, 0.15) is 0 Å². The number of alkyl halides is 3. The van der Waals surface area contributed by atoms with Crippen LogP contribution in [0.25, 0.3) is 11.3 Å². The molecular weight excluding hydrogens is 407 g/mol. The van der Waals surface area contributed by atoms with Gasteiger partial charge in [-0.05, 0) is 12.1 Å². The van der Waals surface area contributed by atoms with E-state index in [9.17, 15) is 13.2 Å². The van der Waals surface area contributed by atoms with E-state index in [1.807, 2.05) is 42.6 Å². The standard InChI is InChI=1S/C11H9N.CHF3.Ir/c1-2-6-10(7-3-1)11-8-4-5-9-12-11;2-1(3)4;/h1-9H;1H;. The summed E-state index contributed by atoms with van der Waals surface area (Å²) in [5, 5.41) is 0. The van der Waals surface area contributed by atoms with Crippen LogP contribution in [0.2, 0.25) is 0 Å². The van der Waals surface area contributed by atoms with E-state index in [2.05, 4.69) is 17.1 Å². The van der Waals surface area contributed by atoms with Gasteiger partial charge in [0.05, 0.1) is 5.69 Å². The molecule has 1 heterocycles. The molecule has 0 saturated heterocycles. The Labute approximate surface area is 111 Å². The van der Waals surface area contributed by atoms with Crippen LogP contribution in [0.4, 0.5) is 13.2 Å². The molecule has 0 fully saturated rings. The molecule has 2 aromatic rings. The number of hydrogen-bond donors (Lipinski definition) is 0. The fourth-order valence-electron chi connectivity index (χ4n) is 1.14. The monoisotopic (exact) mass is 418 g/mol. The Bertz CT molecular complexity index is 355. The Morgan fingerprint density at radius 2 is 1.35 bits per heavy atom. The van der Waals surface area contributed by atoms with Crippen LogP contribution < -0.4 is 0 Å². The van der Waals surface area contributed by atoms with Gasteiger partial charge in [0.25, 0.3) is 0 Å². The molecule has 0 aliphatic carbocycles. The molecule has 0 aliphatic rings. The molecule has 0 saturated carbocycles. The number of benzene rings is 1. The van der Waals surface area contributed by atoms with Crippen LogP contribution in [0.15, 0.2) is 54.7 Å². The Kier molecular flexibility index (Phi) is 8.28. The van der Waals surface area contributed by atoms with E-state index in [4.69, 9.17) is 0 Å². The maximum Gasteiger partial charge on any atom is 0.379 e. The summed E-state index contributed by atoms with van der Waals surface area (Å²) in [5.74, 6) is 0. The number of hydrogen-bond acceptors (Lipinski definition) is 1. The topological polar surface area (TPSA) is 12.9 Å². The van der Waals surface area contributed by atoms with Gasteiger partial charge < -0.3 is 0 Å². The minimum absolute atomic E-state index is 0. The summed E-state index contributed by atoms with van der Waals surface area (Å²) in [5.41, 5.74) is 2.19. The first kappa shape index (κ1) is 15.8. The average Bonchev–Trinajstić information content (AvgIpc) is 2.31. The summed E-state index contributed by atoms with van der Waals surface area (Å²) in [7, 11) is 0. The zero-order chi connectivity index (χ0) is 11.8. The fraction of sp³-hybridized carbons (Fsp3) is 0.0833. The summed E-state index contributed by atoms with van der Waals surface area (Å²) < 4.78 is 29.0. The Balaban J connectivity index is 0.000000453. The van der Waals surface area contributed by atoms with Gasteiger partial charge in [-0.15, -0.1) is 0 Å². The van der Waals surface area contributed by atoms with Gasteiger partial charge in [-0.25, -0.2) is 0 Å². The maximum atomic E-state index is 9.67. The van der Waals surface area contributed by atoms with Gasteiger partial charge in [-0.2, -0.15) is 13.2 Å². The third kappa shape index (κ3) is 6.87. The quantitative estimate of drug-likeness (QED) is 0.686. The summed E-state index contributed by atoms with van der Waals surface area (Å²) in [4.78, 5) is 4.25. The predicted octanol–water partition coefficient (Wildman–Crippen LogP) is 3.92. The molecule has 5 heteroatoms. The van der Waals surface area contributed by atoms with Crippen molar-refractivity contribution in [2.45, 2.75) is 6.68 Å². The molecule has 17 heavy (non-hydrogen) atoms. The van der Waals surface area contributed by atoms with Crippen molar-refractivity contribution >= 4 is 0 Å². The largest absolute Gasteiger partial charge is 0.379 e. The van der Waals surface area contributed by atoms with E-state index in [-0.39, 0.29) is 20.1 Å². The molecule has 1 radical (unpaired) electrons. The second kappa shape index (κ2) is 8.90. The molecule has 0 unspecified atom stereocenters. The van der Waals surface area contributed by atoms with Crippen LogP contribution >= 0.6 is 0 Å². The smallest absolute Gasteiger partial charge is 0.256 e. The Morgan fingerprint density at radius 1 is 0.824 bits per heavy atom. The van der Waals surface area contributed by atoms with E-state index in [1.165, 1.54) is 0 Å². The molecule has 1 aromatic heterocycles. The first-order chi connectivity index (χ1) is 7.70. The first-order valence-corrected chi connectivity index (χ1v) is 4.59. The molecule has 0 aliphatic heterocycles. The van der Waals surface area contributed by atoms with Crippen LogP contribution in [-0.4, -0.2) is 11.7 Å². The molecule has 1 nitrogen and oxygen atoms in total. The van der Waals surface area contributed by atoms with Gasteiger partial charge in [0.15, 0.2) is 0 Å². The molecule has 0 amide bonds. The Hall–Kier alpha value is -1.19. The van der Waals surface area contributed by atoms with Crippen molar-refractivity contribution in [2.24, 2.45) is 0 Å². The zero-order valence-electron chi connectivity index (χ0n) is 8.69. The van der Waals surface area contributed by atoms with Crippen LogP contribution in [0.5, 0.6) is 0 Å². The van der Waals surface area contributed by atoms with Crippen LogP contribution in [-0.2, 0) is 20.1 Å². The maximum absolute atomic E-state index is 9.67. The molecule has 1 aromatic carbocycles. The van der Waals surface area contributed by atoms with Gasteiger partial charge >= 0.3 is 6.68 Å². The van der Waals surface area contributed by atoms with E-state index in [0.717, 1.165) is 11.3 Å². The average molecular weight is 417 g/mol. The number of nitrogens with zero attached hydrogens (tertiary/aromatic N) is 1. The number of rotatable bonds is 1. The van der Waals surface area contributed by atoms with Crippen molar-refractivity contribution in [3.05, 3.63) is 54.7 Å². The minimum Gasteiger partial charge on any atom is -0.256 e. The molecular formula is C12H10F3IrN. The first-order valence-electron chi connectivity index (χ1n) is 4.59. The molecule has 0 N–H and O–H groups in total.